The zero-order valence-corrected chi connectivity index (χ0v) is 72.1. The molecule has 16 N–H and O–H groups in total. The van der Waals surface area contributed by atoms with Crippen molar-refractivity contribution in [2.24, 2.45) is 0 Å². The number of ether oxygens (including phenoxy) is 6. The summed E-state index contributed by atoms with van der Waals surface area (Å²) < 4.78 is 568. The minimum absolute atomic E-state index is 0.115. The van der Waals surface area contributed by atoms with Gasteiger partial charge in [-0.2, -0.15) is 118 Å². The van der Waals surface area contributed by atoms with Gasteiger partial charge in [0.05, 0.1) is 26.4 Å². The minimum Gasteiger partial charge on any atom is -0.356 e. The number of benzene rings is 2. The van der Waals surface area contributed by atoms with Gasteiger partial charge in [0, 0.05) is 34.0 Å². The molecule has 0 unspecified atom stereocenters. The van der Waals surface area contributed by atoms with Crippen molar-refractivity contribution in [3.05, 3.63) is 48.5 Å². The molecular formula is C42H60N2O64S16. The Hall–Kier alpha value is -3.98. The first-order valence-corrected chi connectivity index (χ1v) is 51.9. The van der Waals surface area contributed by atoms with E-state index in [0.717, 1.165) is 48.5 Å². The maximum atomic E-state index is 13.1. The van der Waals surface area contributed by atoms with E-state index in [0.29, 0.717) is 0 Å². The molecule has 20 atom stereocenters. The minimum atomic E-state index is -6.29. The lowest BCUT2D eigenvalue weighted by Gasteiger charge is -2.48. The third-order valence-electron chi connectivity index (χ3n) is 14.6. The number of unbranched alkanes of at least 4 members (excludes halogenated alkanes) is 1. The van der Waals surface area contributed by atoms with E-state index >= 15 is 0 Å². The van der Waals surface area contributed by atoms with Crippen LogP contribution >= 0.6 is 23.5 Å². The van der Waals surface area contributed by atoms with Crippen LogP contribution in [0.5, 0.6) is 0 Å². The molecule has 0 bridgehead atoms. The van der Waals surface area contributed by atoms with Gasteiger partial charge in [-0.25, -0.2) is 58.6 Å². The number of carbonyl (C=O) groups excluding carboxylic acids is 2. The number of thioether (sulfide) groups is 2. The highest BCUT2D eigenvalue weighted by Gasteiger charge is 2.62. The Morgan fingerprint density at radius 2 is 0.468 bits per heavy atom. The number of anilines is 2. The predicted octanol–water partition coefficient (Wildman–Crippen LogP) is -7.16. The fraction of sp³-hybridized carbons (Fsp3) is 0.667. The molecule has 2 amide bonds. The first kappa shape index (κ1) is 109. The lowest BCUT2D eigenvalue weighted by Crippen LogP contribution is -2.66. The SMILES string of the molecule is O=C(CCCCC(=O)Nc1ccc(S[C@@H]2O[C@H](COS(=O)(=O)O)[C@@H](O[C@@H]3O[C@H](COS(=O)(=O)O)[C@@H](OS(=O)(=O)O)[C@H](OS(=O)(=O)O)[C@H]3OS(=O)(=O)O)[C@H](OS(=O)(=O)O)[C@H]2OS(=O)(=O)O)cc1)Nc1ccc(S[C@@H]2O[C@H](COS(=O)(=O)O)[C@@H](O[C@@H]3O[C@H](COS(=O)(=O)O)[C@@H](OS(=O)(=O)O)[C@H](OS(=O)(=O)O)[C@H]3OS(=O)(=O)O)[C@H](OS(=O)(=O)O)[C@H]2OS(=O)(=O)O)cc1. The quantitative estimate of drug-likeness (QED) is 0.0216. The molecule has 66 nitrogen and oxygen atoms in total. The Morgan fingerprint density at radius 3 is 0.694 bits per heavy atom. The van der Waals surface area contributed by atoms with Crippen LogP contribution in [0, 0.1) is 0 Å². The molecule has 6 rings (SSSR count). The van der Waals surface area contributed by atoms with Gasteiger partial charge < -0.3 is 39.1 Å². The monoisotopic (exact) mass is 2130 g/mol. The molecule has 82 heteroatoms. The Balaban J connectivity index is 1.21. The van der Waals surface area contributed by atoms with E-state index in [4.69, 9.17) is 28.4 Å². The van der Waals surface area contributed by atoms with Gasteiger partial charge in [-0.1, -0.05) is 23.5 Å². The first-order chi connectivity index (χ1) is 55.9. The molecule has 0 radical (unpaired) electrons. The van der Waals surface area contributed by atoms with Crippen LogP contribution in [0.3, 0.4) is 0 Å². The summed E-state index contributed by atoms with van der Waals surface area (Å²) in [6, 6.07) is 8.28. The fourth-order valence-corrected chi connectivity index (χ4v) is 19.3. The summed E-state index contributed by atoms with van der Waals surface area (Å²) in [5, 5.41) is 4.80. The molecule has 4 heterocycles. The molecule has 4 aliphatic heterocycles. The van der Waals surface area contributed by atoms with E-state index in [1.807, 2.05) is 0 Å². The zero-order valence-electron chi connectivity index (χ0n) is 59.0. The number of rotatable bonds is 47. The highest BCUT2D eigenvalue weighted by molar-refractivity contribution is 8.00. The molecule has 0 aromatic heterocycles. The largest absolute Gasteiger partial charge is 0.397 e. The summed E-state index contributed by atoms with van der Waals surface area (Å²) in [4.78, 5) is 25.7. The average molecular weight is 2130 g/mol. The molecule has 124 heavy (non-hydrogen) atoms. The Labute approximate surface area is 707 Å². The smallest absolute Gasteiger partial charge is 0.356 e. The van der Waals surface area contributed by atoms with Crippen LogP contribution in [0.2, 0.25) is 0 Å². The van der Waals surface area contributed by atoms with Crippen LogP contribution in [0.1, 0.15) is 25.7 Å². The lowest BCUT2D eigenvalue weighted by molar-refractivity contribution is -0.325. The van der Waals surface area contributed by atoms with Crippen LogP contribution in [0.15, 0.2) is 58.3 Å². The Kier molecular flexibility index (Phi) is 37.1. The third-order valence-corrected chi connectivity index (χ3v) is 23.3. The number of hydrogen-bond acceptors (Lipinski definition) is 52. The average Bonchev–Trinajstić information content (AvgIpc) is 0.756. The zero-order chi connectivity index (χ0) is 94.3. The molecule has 0 saturated carbocycles. The summed E-state index contributed by atoms with van der Waals surface area (Å²) in [6.45, 7) is -7.59. The standard InChI is InChI=1S/C42H60N2O64S16/c45-25(43-17-5-9-19(10-6-17)109-41-37(107-123(83,84)85)31(101-117(65,66)67)27(21(95-41)13-89-111(47,48)49)97-39-35(105-121(77,78)79)33(103-119(71,72)73)29(99-115(59,60)61)23(93-39)15-91-113(53,54)55)3-1-2-4-26(46)44-18-7-11-20(12-8-18)110-42-38(108-124(86,87)88)32(102-118(68,69)70)28(22(96-42)14-90-112(50,51)52)98-40-36(106-122(80,81)82)34(104-120(74,75)76)30(100-116(62,63)64)24(94-40)16-92-114(56,57)58/h5-12,21-24,27-42H,1-4,13-16H2,(H,43,45)(H,44,46)(H,47,48,49)(H,50,51,52)(H,53,54,55)(H,56,57,58)(H,59,60,61)(H,62,63,64)(H,65,66,67)(H,68,69,70)(H,71,72,73)(H,74,75,76)(H,77,78,79)(H,80,81,82)(H,83,84,85)(H,86,87,88)/t21-,22-,23-,24-,27-,28-,29-,30-,31+,32+,33+,34+,35-,36-,37-,38-,39+,40+,41+,42+/m1/s1. The van der Waals surface area contributed by atoms with Gasteiger partial charge in [-0.15, -0.1) is 0 Å². The third kappa shape index (κ3) is 40.0. The number of carbonyl (C=O) groups is 2. The summed E-state index contributed by atoms with van der Waals surface area (Å²) in [5.74, 6) is -1.62. The van der Waals surface area contributed by atoms with Crippen molar-refractivity contribution in [1.29, 1.82) is 0 Å². The molecule has 718 valence electrons. The van der Waals surface area contributed by atoms with Crippen molar-refractivity contribution in [3.63, 3.8) is 0 Å². The van der Waals surface area contributed by atoms with E-state index in [2.05, 4.69) is 69.2 Å². The van der Waals surface area contributed by atoms with Crippen molar-refractivity contribution < 1.29 is 278 Å². The van der Waals surface area contributed by atoms with Crippen LogP contribution in [0.25, 0.3) is 0 Å². The van der Waals surface area contributed by atoms with Crippen molar-refractivity contribution in [1.82, 2.24) is 0 Å². The predicted molar refractivity (Wildman–Crippen MR) is 379 cm³/mol. The van der Waals surface area contributed by atoms with Gasteiger partial charge in [0.15, 0.2) is 24.8 Å². The second-order valence-corrected chi connectivity index (χ2v) is 40.9. The van der Waals surface area contributed by atoms with E-state index in [1.54, 1.807) is 0 Å². The number of amides is 2. The van der Waals surface area contributed by atoms with Gasteiger partial charge in [-0.3, -0.25) is 73.3 Å². The van der Waals surface area contributed by atoms with Crippen molar-refractivity contribution in [3.8, 4) is 0 Å². The lowest BCUT2D eigenvalue weighted by atomic mass is 9.97. The maximum absolute atomic E-state index is 13.1. The van der Waals surface area contributed by atoms with Crippen LogP contribution in [-0.2, 0) is 242 Å². The molecule has 4 saturated heterocycles. The topological polar surface area (TPSA) is 1000 Å². The summed E-state index contributed by atoms with van der Waals surface area (Å²) >= 11 is 0.250. The molecule has 0 spiro atoms. The van der Waals surface area contributed by atoms with Crippen LogP contribution < -0.4 is 10.6 Å². The second-order valence-electron chi connectivity index (χ2n) is 23.7. The molecule has 4 fully saturated rings. The van der Waals surface area contributed by atoms with E-state index in [9.17, 15) is 191 Å². The molecule has 0 aliphatic carbocycles. The maximum Gasteiger partial charge on any atom is 0.397 e. The molecule has 2 aromatic rings. The molecule has 2 aromatic carbocycles. The van der Waals surface area contributed by atoms with E-state index < -0.39 is 318 Å². The Bertz CT molecular complexity index is 5450. The van der Waals surface area contributed by atoms with E-state index in [1.165, 1.54) is 0 Å². The molecular weight excluding hydrogens is 2070 g/mol. The fourth-order valence-electron chi connectivity index (χ4n) is 10.7. The van der Waals surface area contributed by atoms with Gasteiger partial charge in [-0.05, 0) is 61.4 Å². The van der Waals surface area contributed by atoms with Crippen molar-refractivity contribution >= 4 is 192 Å². The van der Waals surface area contributed by atoms with Gasteiger partial charge in [0.2, 0.25) is 11.8 Å². The highest BCUT2D eigenvalue weighted by atomic mass is 32.3. The summed E-state index contributed by atoms with van der Waals surface area (Å²) in [6.07, 6.45) is -57.5. The van der Waals surface area contributed by atoms with E-state index in [-0.39, 0.29) is 57.5 Å². The summed E-state index contributed by atoms with van der Waals surface area (Å²) in [5.41, 5.74) is -5.07. The molecule has 4 aliphatic rings. The summed E-state index contributed by atoms with van der Waals surface area (Å²) in [7, 11) is -85.3. The van der Waals surface area contributed by atoms with Gasteiger partial charge in [0.25, 0.3) is 0 Å². The van der Waals surface area contributed by atoms with Crippen molar-refractivity contribution in [2.45, 2.75) is 157 Å². The van der Waals surface area contributed by atoms with Crippen molar-refractivity contribution in [2.75, 3.05) is 37.1 Å². The Morgan fingerprint density at radius 1 is 0.266 bits per heavy atom. The highest BCUT2D eigenvalue weighted by Crippen LogP contribution is 2.44. The van der Waals surface area contributed by atoms with Gasteiger partial charge in [0.1, 0.15) is 96.3 Å². The normalized spacial score (nSPS) is 28.5. The second kappa shape index (κ2) is 42.3. The first-order valence-electron chi connectivity index (χ1n) is 31.0. The number of hydrogen-bond donors (Lipinski definition) is 16. The van der Waals surface area contributed by atoms with Crippen LogP contribution in [-0.4, -0.2) is 341 Å². The van der Waals surface area contributed by atoms with Crippen LogP contribution in [0.4, 0.5) is 11.4 Å². The van der Waals surface area contributed by atoms with Gasteiger partial charge >= 0.3 is 146 Å². The number of nitrogens with one attached hydrogen (secondary N) is 2.